The van der Waals surface area contributed by atoms with Crippen LogP contribution in [0.1, 0.15) is 10.7 Å². The first-order chi connectivity index (χ1) is 9.69. The quantitative estimate of drug-likeness (QED) is 0.849. The topological polar surface area (TPSA) is 51.1 Å². The molecule has 1 saturated heterocycles. The molecular formula is C13H15ClN4OS. The van der Waals surface area contributed by atoms with Crippen molar-refractivity contribution >= 4 is 22.9 Å². The lowest BCUT2D eigenvalue weighted by Crippen LogP contribution is -2.48. The van der Waals surface area contributed by atoms with E-state index >= 15 is 0 Å². The molecule has 0 radical (unpaired) electrons. The molecule has 2 aromatic rings. The summed E-state index contributed by atoms with van der Waals surface area (Å²) < 4.78 is 5.60. The van der Waals surface area contributed by atoms with Crippen molar-refractivity contribution in [3.63, 3.8) is 0 Å². The van der Waals surface area contributed by atoms with E-state index in [2.05, 4.69) is 25.2 Å². The van der Waals surface area contributed by atoms with E-state index in [4.69, 9.17) is 16.3 Å². The number of aromatic nitrogens is 3. The molecule has 0 N–H and O–H groups in total. The Hall–Kier alpha value is -1.24. The monoisotopic (exact) mass is 310 g/mol. The fourth-order valence-electron chi connectivity index (χ4n) is 2.22. The average Bonchev–Trinajstić information content (AvgIpc) is 2.78. The maximum Gasteiger partial charge on any atom is 0.233 e. The van der Waals surface area contributed by atoms with E-state index in [1.807, 2.05) is 6.92 Å². The van der Waals surface area contributed by atoms with E-state index in [0.29, 0.717) is 23.6 Å². The number of aryl methyl sites for hydroxylation is 1. The lowest BCUT2D eigenvalue weighted by Gasteiger charge is -2.38. The zero-order valence-electron chi connectivity index (χ0n) is 11.1. The van der Waals surface area contributed by atoms with Gasteiger partial charge in [0.2, 0.25) is 5.88 Å². The lowest BCUT2D eigenvalue weighted by atomic mass is 10.0. The van der Waals surface area contributed by atoms with E-state index in [1.54, 1.807) is 17.5 Å². The zero-order valence-corrected chi connectivity index (χ0v) is 12.7. The standard InChI is InChI=1S/C13H15ClN4OS/c1-9-16-11(8-20-9)6-18-4-10(5-18)7-19-13-3-15-2-12(14)17-13/h2-3,8,10H,4-7H2,1H3. The van der Waals surface area contributed by atoms with Crippen LogP contribution in [0.25, 0.3) is 0 Å². The number of likely N-dealkylation sites (tertiary alicyclic amines) is 1. The Morgan fingerprint density at radius 2 is 2.25 bits per heavy atom. The summed E-state index contributed by atoms with van der Waals surface area (Å²) in [6.07, 6.45) is 3.08. The van der Waals surface area contributed by atoms with Gasteiger partial charge in [-0.25, -0.2) is 4.98 Å². The minimum atomic E-state index is 0.358. The Labute approximate surface area is 126 Å². The first-order valence-electron chi connectivity index (χ1n) is 6.43. The summed E-state index contributed by atoms with van der Waals surface area (Å²) in [5.74, 6) is 1.03. The van der Waals surface area contributed by atoms with Crippen molar-refractivity contribution in [2.75, 3.05) is 19.7 Å². The number of rotatable bonds is 5. The normalized spacial score (nSPS) is 16.1. The SMILES string of the molecule is Cc1nc(CN2CC(COc3cncc(Cl)n3)C2)cs1. The van der Waals surface area contributed by atoms with Crippen LogP contribution in [0.3, 0.4) is 0 Å². The van der Waals surface area contributed by atoms with Gasteiger partial charge in [-0.1, -0.05) is 11.6 Å². The summed E-state index contributed by atoms with van der Waals surface area (Å²) in [6, 6.07) is 0. The van der Waals surface area contributed by atoms with Gasteiger partial charge in [0, 0.05) is 30.9 Å². The Kier molecular flexibility index (Phi) is 4.14. The van der Waals surface area contributed by atoms with Gasteiger partial charge in [0.15, 0.2) is 5.15 Å². The van der Waals surface area contributed by atoms with Gasteiger partial charge in [0.05, 0.1) is 29.7 Å². The van der Waals surface area contributed by atoms with Crippen LogP contribution in [0.15, 0.2) is 17.8 Å². The van der Waals surface area contributed by atoms with Crippen LogP contribution >= 0.6 is 22.9 Å². The molecule has 0 spiro atoms. The molecule has 2 aromatic heterocycles. The van der Waals surface area contributed by atoms with E-state index in [0.717, 1.165) is 30.3 Å². The molecule has 3 rings (SSSR count). The van der Waals surface area contributed by atoms with Crippen molar-refractivity contribution in [2.24, 2.45) is 5.92 Å². The molecular weight excluding hydrogens is 296 g/mol. The molecule has 1 aliphatic rings. The maximum atomic E-state index is 5.76. The molecule has 5 nitrogen and oxygen atoms in total. The van der Waals surface area contributed by atoms with Gasteiger partial charge in [0.1, 0.15) is 0 Å². The molecule has 0 aliphatic carbocycles. The third kappa shape index (κ3) is 3.45. The summed E-state index contributed by atoms with van der Waals surface area (Å²) in [4.78, 5) is 14.8. The Bertz CT molecular complexity index is 585. The second kappa shape index (κ2) is 6.03. The van der Waals surface area contributed by atoms with Gasteiger partial charge in [-0.15, -0.1) is 11.3 Å². The molecule has 0 amide bonds. The van der Waals surface area contributed by atoms with E-state index in [-0.39, 0.29) is 0 Å². The Morgan fingerprint density at radius 1 is 1.40 bits per heavy atom. The molecule has 3 heterocycles. The van der Waals surface area contributed by atoms with Gasteiger partial charge < -0.3 is 4.74 Å². The van der Waals surface area contributed by atoms with Crippen LogP contribution < -0.4 is 4.74 Å². The van der Waals surface area contributed by atoms with Crippen LogP contribution in [0.5, 0.6) is 5.88 Å². The van der Waals surface area contributed by atoms with Gasteiger partial charge in [-0.2, -0.15) is 4.98 Å². The first-order valence-corrected chi connectivity index (χ1v) is 7.68. The van der Waals surface area contributed by atoms with Crippen LogP contribution in [0.4, 0.5) is 0 Å². The summed E-state index contributed by atoms with van der Waals surface area (Å²) in [6.45, 7) is 5.68. The average molecular weight is 311 g/mol. The molecule has 0 saturated carbocycles. The van der Waals surface area contributed by atoms with Crippen molar-refractivity contribution in [1.29, 1.82) is 0 Å². The van der Waals surface area contributed by atoms with Crippen molar-refractivity contribution < 1.29 is 4.74 Å². The van der Waals surface area contributed by atoms with Gasteiger partial charge in [0.25, 0.3) is 0 Å². The Morgan fingerprint density at radius 3 is 2.95 bits per heavy atom. The predicted molar refractivity (Wildman–Crippen MR) is 78.2 cm³/mol. The molecule has 1 fully saturated rings. The third-order valence-corrected chi connectivity index (χ3v) is 4.14. The second-order valence-corrected chi connectivity index (χ2v) is 6.36. The van der Waals surface area contributed by atoms with Crippen LogP contribution in [-0.4, -0.2) is 39.5 Å². The van der Waals surface area contributed by atoms with E-state index in [9.17, 15) is 0 Å². The summed E-state index contributed by atoms with van der Waals surface area (Å²) in [5.41, 5.74) is 1.16. The minimum Gasteiger partial charge on any atom is -0.476 e. The molecule has 1 aliphatic heterocycles. The molecule has 0 bridgehead atoms. The zero-order chi connectivity index (χ0) is 13.9. The predicted octanol–water partition coefficient (Wildman–Crippen LogP) is 2.41. The summed E-state index contributed by atoms with van der Waals surface area (Å²) in [7, 11) is 0. The van der Waals surface area contributed by atoms with Crippen molar-refractivity contribution in [1.82, 2.24) is 19.9 Å². The first kappa shape index (κ1) is 13.7. The third-order valence-electron chi connectivity index (χ3n) is 3.13. The largest absolute Gasteiger partial charge is 0.476 e. The highest BCUT2D eigenvalue weighted by atomic mass is 35.5. The fraction of sp³-hybridized carbons (Fsp3) is 0.462. The maximum absolute atomic E-state index is 5.76. The van der Waals surface area contributed by atoms with Crippen LogP contribution in [0, 0.1) is 12.8 Å². The van der Waals surface area contributed by atoms with E-state index in [1.165, 1.54) is 6.20 Å². The van der Waals surface area contributed by atoms with Crippen molar-refractivity contribution in [2.45, 2.75) is 13.5 Å². The second-order valence-electron chi connectivity index (χ2n) is 4.91. The van der Waals surface area contributed by atoms with Crippen LogP contribution in [-0.2, 0) is 6.54 Å². The number of nitrogens with zero attached hydrogens (tertiary/aromatic N) is 4. The highest BCUT2D eigenvalue weighted by Gasteiger charge is 2.27. The smallest absolute Gasteiger partial charge is 0.233 e. The molecule has 7 heteroatoms. The van der Waals surface area contributed by atoms with Crippen molar-refractivity contribution in [3.05, 3.63) is 33.6 Å². The molecule has 0 unspecified atom stereocenters. The minimum absolute atomic E-state index is 0.358. The lowest BCUT2D eigenvalue weighted by molar-refractivity contribution is 0.0534. The van der Waals surface area contributed by atoms with Crippen molar-refractivity contribution in [3.8, 4) is 5.88 Å². The van der Waals surface area contributed by atoms with Gasteiger partial charge in [-0.05, 0) is 6.92 Å². The Balaban J connectivity index is 1.40. The number of halogens is 1. The summed E-state index contributed by atoms with van der Waals surface area (Å²) >= 11 is 7.46. The highest BCUT2D eigenvalue weighted by Crippen LogP contribution is 2.20. The van der Waals surface area contributed by atoms with Gasteiger partial charge >= 0.3 is 0 Å². The molecule has 0 atom stereocenters. The molecule has 0 aromatic carbocycles. The fourth-order valence-corrected chi connectivity index (χ4v) is 2.96. The number of ether oxygens (including phenoxy) is 1. The molecule has 106 valence electrons. The number of thiazole rings is 1. The van der Waals surface area contributed by atoms with E-state index < -0.39 is 0 Å². The van der Waals surface area contributed by atoms with Crippen LogP contribution in [0.2, 0.25) is 5.15 Å². The number of hydrogen-bond donors (Lipinski definition) is 0. The number of hydrogen-bond acceptors (Lipinski definition) is 6. The highest BCUT2D eigenvalue weighted by molar-refractivity contribution is 7.09. The summed E-state index contributed by atoms with van der Waals surface area (Å²) in [5, 5.41) is 3.61. The van der Waals surface area contributed by atoms with Gasteiger partial charge in [-0.3, -0.25) is 9.88 Å². The molecule has 20 heavy (non-hydrogen) atoms.